The number of aliphatic carboxylic acids is 1. The van der Waals surface area contributed by atoms with Crippen molar-refractivity contribution in [1.29, 1.82) is 0 Å². The monoisotopic (exact) mass is 330 g/mol. The van der Waals surface area contributed by atoms with E-state index in [1.807, 2.05) is 42.2 Å². The van der Waals surface area contributed by atoms with Gasteiger partial charge in [0, 0.05) is 26.2 Å². The molecule has 0 aliphatic carbocycles. The highest BCUT2D eigenvalue weighted by molar-refractivity contribution is 5.83. The molecule has 130 valence electrons. The maximum atomic E-state index is 13.2. The molecule has 24 heavy (non-hydrogen) atoms. The topological polar surface area (TPSA) is 60.9 Å². The van der Waals surface area contributed by atoms with Gasteiger partial charge in [0.05, 0.1) is 5.92 Å². The summed E-state index contributed by atoms with van der Waals surface area (Å²) in [6, 6.07) is 9.42. The molecule has 0 bridgehead atoms. The van der Waals surface area contributed by atoms with Gasteiger partial charge in [-0.3, -0.25) is 14.5 Å². The van der Waals surface area contributed by atoms with Crippen LogP contribution in [0.2, 0.25) is 0 Å². The summed E-state index contributed by atoms with van der Waals surface area (Å²) in [6.07, 6.45) is 3.30. The van der Waals surface area contributed by atoms with Crippen LogP contribution in [0.3, 0.4) is 0 Å². The molecule has 2 fully saturated rings. The van der Waals surface area contributed by atoms with Crippen LogP contribution >= 0.6 is 0 Å². The summed E-state index contributed by atoms with van der Waals surface area (Å²) >= 11 is 0. The maximum Gasteiger partial charge on any atom is 0.308 e. The van der Waals surface area contributed by atoms with Crippen LogP contribution in [0, 0.1) is 11.8 Å². The zero-order valence-corrected chi connectivity index (χ0v) is 14.2. The number of carbonyl (C=O) groups is 2. The molecule has 1 aromatic carbocycles. The lowest BCUT2D eigenvalue weighted by Crippen LogP contribution is -2.44. The SMILES string of the molecule is C[C@@H]1CN(C(C(=O)N2CCCCC2)c2ccccc2)C[C@H]1C(=O)O. The van der Waals surface area contributed by atoms with Crippen molar-refractivity contribution >= 4 is 11.9 Å². The van der Waals surface area contributed by atoms with Crippen molar-refractivity contribution in [3.8, 4) is 0 Å². The van der Waals surface area contributed by atoms with Crippen LogP contribution in [0.4, 0.5) is 0 Å². The number of nitrogens with zero attached hydrogens (tertiary/aromatic N) is 2. The summed E-state index contributed by atoms with van der Waals surface area (Å²) in [5, 5.41) is 9.42. The molecule has 5 nitrogen and oxygen atoms in total. The first kappa shape index (κ1) is 17.0. The van der Waals surface area contributed by atoms with Gasteiger partial charge in [0.15, 0.2) is 0 Å². The quantitative estimate of drug-likeness (QED) is 0.921. The van der Waals surface area contributed by atoms with Gasteiger partial charge < -0.3 is 10.0 Å². The Labute approximate surface area is 143 Å². The number of hydrogen-bond acceptors (Lipinski definition) is 3. The minimum Gasteiger partial charge on any atom is -0.481 e. The van der Waals surface area contributed by atoms with Crippen LogP contribution in [0.15, 0.2) is 30.3 Å². The lowest BCUT2D eigenvalue weighted by Gasteiger charge is -2.34. The molecule has 0 aromatic heterocycles. The van der Waals surface area contributed by atoms with Crippen LogP contribution in [0.25, 0.3) is 0 Å². The highest BCUT2D eigenvalue weighted by atomic mass is 16.4. The van der Waals surface area contributed by atoms with Gasteiger partial charge in [0.25, 0.3) is 0 Å². The Morgan fingerprint density at radius 2 is 1.75 bits per heavy atom. The summed E-state index contributed by atoms with van der Waals surface area (Å²) in [6.45, 7) is 4.68. The summed E-state index contributed by atoms with van der Waals surface area (Å²) in [5.41, 5.74) is 0.964. The molecule has 3 rings (SSSR count). The largest absolute Gasteiger partial charge is 0.481 e. The third-order valence-corrected chi connectivity index (χ3v) is 5.34. The van der Waals surface area contributed by atoms with Crippen molar-refractivity contribution in [2.45, 2.75) is 32.2 Å². The van der Waals surface area contributed by atoms with Gasteiger partial charge in [-0.05, 0) is 30.7 Å². The molecule has 5 heteroatoms. The summed E-state index contributed by atoms with van der Waals surface area (Å²) < 4.78 is 0. The lowest BCUT2D eigenvalue weighted by atomic mass is 9.99. The number of piperidine rings is 1. The Hall–Kier alpha value is -1.88. The fourth-order valence-electron chi connectivity index (χ4n) is 3.97. The van der Waals surface area contributed by atoms with E-state index in [1.165, 1.54) is 6.42 Å². The second-order valence-electron chi connectivity index (χ2n) is 7.08. The van der Waals surface area contributed by atoms with E-state index in [9.17, 15) is 14.7 Å². The zero-order chi connectivity index (χ0) is 17.1. The van der Waals surface area contributed by atoms with Crippen molar-refractivity contribution in [2.75, 3.05) is 26.2 Å². The van der Waals surface area contributed by atoms with Gasteiger partial charge in [-0.15, -0.1) is 0 Å². The molecule has 3 atom stereocenters. The minimum absolute atomic E-state index is 0.0582. The molecule has 2 aliphatic rings. The van der Waals surface area contributed by atoms with Gasteiger partial charge in [0.1, 0.15) is 6.04 Å². The number of rotatable bonds is 4. The van der Waals surface area contributed by atoms with Gasteiger partial charge in [0.2, 0.25) is 5.91 Å². The Kier molecular flexibility index (Phi) is 5.19. The Morgan fingerprint density at radius 3 is 2.33 bits per heavy atom. The van der Waals surface area contributed by atoms with Crippen molar-refractivity contribution < 1.29 is 14.7 Å². The number of amides is 1. The number of likely N-dealkylation sites (tertiary alicyclic amines) is 2. The zero-order valence-electron chi connectivity index (χ0n) is 14.2. The second kappa shape index (κ2) is 7.34. The van der Waals surface area contributed by atoms with Crippen molar-refractivity contribution in [3.05, 3.63) is 35.9 Å². The lowest BCUT2D eigenvalue weighted by molar-refractivity contribution is -0.143. The van der Waals surface area contributed by atoms with Crippen LogP contribution < -0.4 is 0 Å². The van der Waals surface area contributed by atoms with Crippen LogP contribution in [0.1, 0.15) is 37.8 Å². The smallest absolute Gasteiger partial charge is 0.308 e. The number of hydrogen-bond donors (Lipinski definition) is 1. The van der Waals surface area contributed by atoms with E-state index < -0.39 is 11.9 Å². The third kappa shape index (κ3) is 3.46. The van der Waals surface area contributed by atoms with Crippen molar-refractivity contribution in [3.63, 3.8) is 0 Å². The molecule has 1 unspecified atom stereocenters. The third-order valence-electron chi connectivity index (χ3n) is 5.34. The molecule has 1 N–H and O–H groups in total. The predicted molar refractivity (Wildman–Crippen MR) is 91.5 cm³/mol. The highest BCUT2D eigenvalue weighted by Crippen LogP contribution is 2.33. The maximum absolute atomic E-state index is 13.2. The van der Waals surface area contributed by atoms with E-state index in [4.69, 9.17) is 0 Å². The molecular weight excluding hydrogens is 304 g/mol. The summed E-state index contributed by atoms with van der Waals surface area (Å²) in [5.74, 6) is -0.977. The molecular formula is C19H26N2O3. The van der Waals surface area contributed by atoms with E-state index in [0.29, 0.717) is 13.1 Å². The molecule has 0 saturated carbocycles. The molecule has 0 radical (unpaired) electrons. The average molecular weight is 330 g/mol. The van der Waals surface area contributed by atoms with Gasteiger partial charge in [-0.1, -0.05) is 37.3 Å². The molecule has 2 aliphatic heterocycles. The van der Waals surface area contributed by atoms with Gasteiger partial charge in [-0.25, -0.2) is 0 Å². The Bertz CT molecular complexity index is 584. The first-order valence-corrected chi connectivity index (χ1v) is 8.88. The summed E-state index contributed by atoms with van der Waals surface area (Å²) in [7, 11) is 0. The normalized spacial score (nSPS) is 26.3. The van der Waals surface area contributed by atoms with E-state index in [2.05, 4.69) is 4.90 Å². The van der Waals surface area contributed by atoms with Gasteiger partial charge >= 0.3 is 5.97 Å². The first-order valence-electron chi connectivity index (χ1n) is 8.88. The minimum atomic E-state index is -0.762. The number of carbonyl (C=O) groups excluding carboxylic acids is 1. The van der Waals surface area contributed by atoms with E-state index in [1.54, 1.807) is 0 Å². The first-order chi connectivity index (χ1) is 11.6. The Morgan fingerprint density at radius 1 is 1.08 bits per heavy atom. The van der Waals surface area contributed by atoms with E-state index in [0.717, 1.165) is 31.5 Å². The van der Waals surface area contributed by atoms with E-state index in [-0.39, 0.29) is 17.9 Å². The fourth-order valence-corrected chi connectivity index (χ4v) is 3.97. The molecule has 1 aromatic rings. The summed E-state index contributed by atoms with van der Waals surface area (Å²) in [4.78, 5) is 28.7. The van der Waals surface area contributed by atoms with Gasteiger partial charge in [-0.2, -0.15) is 0 Å². The van der Waals surface area contributed by atoms with Crippen LogP contribution in [0.5, 0.6) is 0 Å². The van der Waals surface area contributed by atoms with Crippen LogP contribution in [-0.4, -0.2) is 53.0 Å². The predicted octanol–water partition coefficient (Wildman–Crippen LogP) is 2.39. The molecule has 0 spiro atoms. The molecule has 2 saturated heterocycles. The number of benzene rings is 1. The molecule has 1 amide bonds. The number of carboxylic acids is 1. The fraction of sp³-hybridized carbons (Fsp3) is 0.579. The second-order valence-corrected chi connectivity index (χ2v) is 7.08. The average Bonchev–Trinajstić information content (AvgIpc) is 2.98. The number of carboxylic acid groups (broad SMARTS) is 1. The van der Waals surface area contributed by atoms with E-state index >= 15 is 0 Å². The van der Waals surface area contributed by atoms with Crippen molar-refractivity contribution in [1.82, 2.24) is 9.80 Å². The van der Waals surface area contributed by atoms with Crippen molar-refractivity contribution in [2.24, 2.45) is 11.8 Å². The van der Waals surface area contributed by atoms with Crippen LogP contribution in [-0.2, 0) is 9.59 Å². The highest BCUT2D eigenvalue weighted by Gasteiger charge is 2.41. The Balaban J connectivity index is 1.85. The molecule has 2 heterocycles. The standard InChI is InChI=1S/C19H26N2O3/c1-14-12-21(13-16(14)19(23)24)17(15-8-4-2-5-9-15)18(22)20-10-6-3-7-11-20/h2,4-5,8-9,14,16-17H,3,6-7,10-13H2,1H3,(H,23,24)/t14-,16-,17?/m1/s1.